The summed E-state index contributed by atoms with van der Waals surface area (Å²) in [6, 6.07) is 2.34. The van der Waals surface area contributed by atoms with Crippen molar-refractivity contribution < 1.29 is 14.3 Å². The van der Waals surface area contributed by atoms with Gasteiger partial charge in [0.2, 0.25) is 0 Å². The molecule has 1 aliphatic rings. The van der Waals surface area contributed by atoms with E-state index in [9.17, 15) is 5.11 Å². The van der Waals surface area contributed by atoms with E-state index < -0.39 is 5.60 Å². The molecule has 0 fully saturated rings. The van der Waals surface area contributed by atoms with Crippen LogP contribution in [0, 0.1) is 0 Å². The zero-order valence-electron chi connectivity index (χ0n) is 11.2. The molecule has 2 N–H and O–H groups in total. The Morgan fingerprint density at radius 3 is 3.22 bits per heavy atom. The molecule has 0 aliphatic heterocycles. The largest absolute Gasteiger partial charge is 0.469 e. The third-order valence-corrected chi connectivity index (χ3v) is 3.63. The second-order valence-corrected chi connectivity index (χ2v) is 5.36. The maximum Gasteiger partial charge on any atom is 0.108 e. The predicted molar refractivity (Wildman–Crippen MR) is 69.5 cm³/mol. The molecule has 0 radical (unpaired) electrons. The third kappa shape index (κ3) is 3.34. The lowest BCUT2D eigenvalue weighted by molar-refractivity contribution is 0.0222. The highest BCUT2D eigenvalue weighted by molar-refractivity contribution is 5.24. The fourth-order valence-corrected chi connectivity index (χ4v) is 2.45. The fraction of sp³-hybridized carbons (Fsp3) is 0.714. The zero-order chi connectivity index (χ0) is 13.0. The fourth-order valence-electron chi connectivity index (χ4n) is 2.45. The summed E-state index contributed by atoms with van der Waals surface area (Å²) < 4.78 is 10.5. The number of aliphatic hydroxyl groups is 1. The molecular weight excluding hydrogens is 230 g/mol. The summed E-state index contributed by atoms with van der Waals surface area (Å²) >= 11 is 0. The van der Waals surface area contributed by atoms with Crippen LogP contribution < -0.4 is 5.32 Å². The Morgan fingerprint density at radius 1 is 1.61 bits per heavy atom. The number of rotatable bonds is 6. The standard InChI is InChI=1S/C14H23NO3/c1-14(16,7-9-17-2)10-15-12-4-3-5-13-11(12)6-8-18-13/h6,8,12,15-16H,3-5,7,9-10H2,1-2H3. The summed E-state index contributed by atoms with van der Waals surface area (Å²) in [6.07, 6.45) is 5.67. The van der Waals surface area contributed by atoms with Gasteiger partial charge in [0.25, 0.3) is 0 Å². The molecule has 0 bridgehead atoms. The van der Waals surface area contributed by atoms with Crippen molar-refractivity contribution >= 4 is 0 Å². The summed E-state index contributed by atoms with van der Waals surface area (Å²) in [7, 11) is 1.66. The highest BCUT2D eigenvalue weighted by atomic mass is 16.5. The van der Waals surface area contributed by atoms with Gasteiger partial charge in [-0.15, -0.1) is 0 Å². The SMILES string of the molecule is COCCC(C)(O)CNC1CCCc2occc21. The molecule has 4 heteroatoms. The first-order valence-electron chi connectivity index (χ1n) is 6.63. The average Bonchev–Trinajstić information content (AvgIpc) is 2.82. The molecule has 2 unspecified atom stereocenters. The van der Waals surface area contributed by atoms with Crippen molar-refractivity contribution in [2.45, 2.75) is 44.2 Å². The van der Waals surface area contributed by atoms with Gasteiger partial charge in [0.1, 0.15) is 5.76 Å². The summed E-state index contributed by atoms with van der Waals surface area (Å²) in [5.74, 6) is 1.09. The van der Waals surface area contributed by atoms with E-state index >= 15 is 0 Å². The maximum atomic E-state index is 10.2. The lowest BCUT2D eigenvalue weighted by Gasteiger charge is -2.29. The van der Waals surface area contributed by atoms with Gasteiger partial charge in [-0.1, -0.05) is 0 Å². The highest BCUT2D eigenvalue weighted by Crippen LogP contribution is 2.30. The van der Waals surface area contributed by atoms with Gasteiger partial charge in [0.15, 0.2) is 0 Å². The van der Waals surface area contributed by atoms with E-state index in [0.717, 1.165) is 25.0 Å². The van der Waals surface area contributed by atoms with Crippen molar-refractivity contribution in [3.05, 3.63) is 23.7 Å². The van der Waals surface area contributed by atoms with Crippen molar-refractivity contribution in [3.63, 3.8) is 0 Å². The number of aryl methyl sites for hydroxylation is 1. The molecule has 1 heterocycles. The number of fused-ring (bicyclic) bond motifs is 1. The van der Waals surface area contributed by atoms with Crippen LogP contribution in [-0.4, -0.2) is 31.0 Å². The van der Waals surface area contributed by atoms with E-state index in [2.05, 4.69) is 5.32 Å². The van der Waals surface area contributed by atoms with Gasteiger partial charge < -0.3 is 19.6 Å². The summed E-state index contributed by atoms with van der Waals surface area (Å²) in [6.45, 7) is 3.00. The predicted octanol–water partition coefficient (Wildman–Crippen LogP) is 2.03. The van der Waals surface area contributed by atoms with Crippen molar-refractivity contribution in [1.82, 2.24) is 5.32 Å². The van der Waals surface area contributed by atoms with E-state index in [-0.39, 0.29) is 0 Å². The van der Waals surface area contributed by atoms with E-state index in [1.807, 2.05) is 13.0 Å². The summed E-state index contributed by atoms with van der Waals surface area (Å²) in [5.41, 5.74) is 0.529. The average molecular weight is 253 g/mol. The number of nitrogens with one attached hydrogen (secondary N) is 1. The van der Waals surface area contributed by atoms with Crippen LogP contribution in [0.25, 0.3) is 0 Å². The summed E-state index contributed by atoms with van der Waals surface area (Å²) in [4.78, 5) is 0. The first-order valence-corrected chi connectivity index (χ1v) is 6.63. The molecule has 2 atom stereocenters. The number of hydrogen-bond donors (Lipinski definition) is 2. The van der Waals surface area contributed by atoms with Gasteiger partial charge in [0.05, 0.1) is 11.9 Å². The molecule has 1 aromatic rings. The maximum absolute atomic E-state index is 10.2. The Morgan fingerprint density at radius 2 is 2.44 bits per heavy atom. The van der Waals surface area contributed by atoms with Gasteiger partial charge in [-0.2, -0.15) is 0 Å². The van der Waals surface area contributed by atoms with Gasteiger partial charge in [-0.05, 0) is 25.8 Å². The number of methoxy groups -OCH3 is 1. The van der Waals surface area contributed by atoms with Crippen LogP contribution >= 0.6 is 0 Å². The molecule has 1 aliphatic carbocycles. The minimum Gasteiger partial charge on any atom is -0.469 e. The molecule has 0 saturated carbocycles. The molecule has 102 valence electrons. The van der Waals surface area contributed by atoms with Crippen molar-refractivity contribution in [2.75, 3.05) is 20.3 Å². The molecular formula is C14H23NO3. The smallest absolute Gasteiger partial charge is 0.108 e. The Hall–Kier alpha value is -0.840. The topological polar surface area (TPSA) is 54.6 Å². The van der Waals surface area contributed by atoms with Crippen molar-refractivity contribution in [2.24, 2.45) is 0 Å². The first kappa shape index (κ1) is 13.6. The van der Waals surface area contributed by atoms with Crippen LogP contribution in [0.1, 0.15) is 43.6 Å². The Labute approximate surface area is 108 Å². The van der Waals surface area contributed by atoms with Crippen molar-refractivity contribution in [3.8, 4) is 0 Å². The lowest BCUT2D eigenvalue weighted by atomic mass is 9.92. The number of hydrogen-bond acceptors (Lipinski definition) is 4. The molecule has 18 heavy (non-hydrogen) atoms. The molecule has 0 amide bonds. The minimum atomic E-state index is -0.725. The normalized spacial score (nSPS) is 22.5. The van der Waals surface area contributed by atoms with Gasteiger partial charge in [-0.3, -0.25) is 0 Å². The molecule has 0 saturated heterocycles. The Bertz CT molecular complexity index is 373. The molecule has 4 nitrogen and oxygen atoms in total. The van der Waals surface area contributed by atoms with Crippen molar-refractivity contribution in [1.29, 1.82) is 0 Å². The van der Waals surface area contributed by atoms with E-state index in [0.29, 0.717) is 25.6 Å². The van der Waals surface area contributed by atoms with Crippen LogP contribution in [-0.2, 0) is 11.2 Å². The van der Waals surface area contributed by atoms with Crippen LogP contribution in [0.5, 0.6) is 0 Å². The molecule has 1 aromatic heterocycles. The van der Waals surface area contributed by atoms with Crippen LogP contribution in [0.2, 0.25) is 0 Å². The van der Waals surface area contributed by atoms with Crippen LogP contribution in [0.15, 0.2) is 16.7 Å². The second-order valence-electron chi connectivity index (χ2n) is 5.36. The second kappa shape index (κ2) is 5.87. The summed E-state index contributed by atoms with van der Waals surface area (Å²) in [5, 5.41) is 13.7. The van der Waals surface area contributed by atoms with Gasteiger partial charge in [0, 0.05) is 44.7 Å². The minimum absolute atomic E-state index is 0.307. The highest BCUT2D eigenvalue weighted by Gasteiger charge is 2.26. The van der Waals surface area contributed by atoms with Crippen LogP contribution in [0.3, 0.4) is 0 Å². The van der Waals surface area contributed by atoms with E-state index in [4.69, 9.17) is 9.15 Å². The van der Waals surface area contributed by atoms with Crippen LogP contribution in [0.4, 0.5) is 0 Å². The first-order chi connectivity index (χ1) is 8.62. The zero-order valence-corrected chi connectivity index (χ0v) is 11.2. The van der Waals surface area contributed by atoms with Gasteiger partial charge >= 0.3 is 0 Å². The monoisotopic (exact) mass is 253 g/mol. The third-order valence-electron chi connectivity index (χ3n) is 3.63. The molecule has 2 rings (SSSR count). The molecule has 0 aromatic carbocycles. The quantitative estimate of drug-likeness (QED) is 0.814. The number of furan rings is 1. The Kier molecular flexibility index (Phi) is 4.43. The van der Waals surface area contributed by atoms with E-state index in [1.165, 1.54) is 5.56 Å². The van der Waals surface area contributed by atoms with E-state index in [1.54, 1.807) is 13.4 Å². The lowest BCUT2D eigenvalue weighted by Crippen LogP contribution is -2.40. The van der Waals surface area contributed by atoms with Gasteiger partial charge in [-0.25, -0.2) is 0 Å². The molecule has 0 spiro atoms. The number of ether oxygens (including phenoxy) is 1. The Balaban J connectivity index is 1.88.